The second kappa shape index (κ2) is 10.5. The van der Waals surface area contributed by atoms with Gasteiger partial charge in [-0.1, -0.05) is 48.3 Å². The number of hydrogen-bond acceptors (Lipinski definition) is 7. The van der Waals surface area contributed by atoms with Crippen molar-refractivity contribution in [1.29, 1.82) is 5.26 Å². The molecule has 0 saturated carbocycles. The van der Waals surface area contributed by atoms with Gasteiger partial charge < -0.3 is 10.6 Å². The number of benzene rings is 2. The number of rotatable bonds is 8. The summed E-state index contributed by atoms with van der Waals surface area (Å²) in [7, 11) is 0. The zero-order valence-corrected chi connectivity index (χ0v) is 19.8. The third kappa shape index (κ3) is 5.51. The lowest BCUT2D eigenvalue weighted by atomic mass is 9.91. The fourth-order valence-corrected chi connectivity index (χ4v) is 3.65. The van der Waals surface area contributed by atoms with Gasteiger partial charge in [-0.2, -0.15) is 5.26 Å². The van der Waals surface area contributed by atoms with Crippen molar-refractivity contribution in [2.24, 2.45) is 0 Å². The van der Waals surface area contributed by atoms with E-state index in [2.05, 4.69) is 26.7 Å². The Kier molecular flexibility index (Phi) is 7.69. The van der Waals surface area contributed by atoms with E-state index in [1.54, 1.807) is 36.4 Å². The van der Waals surface area contributed by atoms with Crippen molar-refractivity contribution in [3.63, 3.8) is 0 Å². The van der Waals surface area contributed by atoms with E-state index in [0.717, 1.165) is 17.5 Å². The van der Waals surface area contributed by atoms with Crippen molar-refractivity contribution >= 4 is 46.2 Å². The highest BCUT2D eigenvalue weighted by atomic mass is 35.5. The third-order valence-corrected chi connectivity index (χ3v) is 5.82. The SMILES string of the molecule is CCC(C)Nc1ncnc(Nc2cc(Cl)c(C(C#N)c3ccc(Cl)cc3)cc2C)c1[N+](=O)[O-]. The fraction of sp³-hybridized carbons (Fsp3) is 0.261. The maximum Gasteiger partial charge on any atom is 0.353 e. The molecule has 170 valence electrons. The van der Waals surface area contributed by atoms with E-state index in [0.29, 0.717) is 21.3 Å². The standard InChI is InChI=1S/C23H22Cl2N6O2/c1-4-14(3)29-22-21(31(32)33)23(28-12-27-22)30-20-10-19(25)17(9-13(20)2)18(11-26)15-5-7-16(24)8-6-15/h5-10,12,14,18H,4H2,1-3H3,(H2,27,28,29,30). The predicted octanol–water partition coefficient (Wildman–Crippen LogP) is 6.61. The van der Waals surface area contributed by atoms with Crippen molar-refractivity contribution < 1.29 is 4.92 Å². The summed E-state index contributed by atoms with van der Waals surface area (Å²) < 4.78 is 0. The molecule has 8 nitrogen and oxygen atoms in total. The second-order valence-electron chi connectivity index (χ2n) is 7.56. The van der Waals surface area contributed by atoms with Crippen LogP contribution in [0.25, 0.3) is 0 Å². The summed E-state index contributed by atoms with van der Waals surface area (Å²) in [4.78, 5) is 19.4. The fourth-order valence-electron chi connectivity index (χ4n) is 3.25. The lowest BCUT2D eigenvalue weighted by Gasteiger charge is -2.17. The summed E-state index contributed by atoms with van der Waals surface area (Å²) in [6.07, 6.45) is 2.03. The molecule has 3 aromatic rings. The Morgan fingerprint density at radius 2 is 1.85 bits per heavy atom. The minimum atomic E-state index is -0.595. The molecule has 33 heavy (non-hydrogen) atoms. The number of nitrogens with zero attached hydrogens (tertiary/aromatic N) is 4. The first kappa shape index (κ1) is 24.2. The van der Waals surface area contributed by atoms with Gasteiger partial charge in [0.2, 0.25) is 11.6 Å². The highest BCUT2D eigenvalue weighted by molar-refractivity contribution is 6.32. The van der Waals surface area contributed by atoms with Crippen molar-refractivity contribution in [2.45, 2.75) is 39.2 Å². The highest BCUT2D eigenvalue weighted by Gasteiger charge is 2.25. The Hall–Kier alpha value is -3.41. The van der Waals surface area contributed by atoms with E-state index in [1.807, 2.05) is 20.8 Å². The Bertz CT molecular complexity index is 1210. The molecule has 2 unspecified atom stereocenters. The molecule has 0 fully saturated rings. The van der Waals surface area contributed by atoms with Crippen LogP contribution in [0.4, 0.5) is 23.0 Å². The summed E-state index contributed by atoms with van der Waals surface area (Å²) in [5.41, 5.74) is 2.41. The number of nitro groups is 1. The molecule has 1 aromatic heterocycles. The molecule has 0 radical (unpaired) electrons. The molecule has 3 rings (SSSR count). The van der Waals surface area contributed by atoms with Gasteiger partial charge in [0.25, 0.3) is 0 Å². The predicted molar refractivity (Wildman–Crippen MR) is 130 cm³/mol. The molecule has 0 aliphatic carbocycles. The minimum absolute atomic E-state index is 0.00213. The topological polar surface area (TPSA) is 117 Å². The zero-order chi connectivity index (χ0) is 24.1. The van der Waals surface area contributed by atoms with Crippen LogP contribution in [0.15, 0.2) is 42.7 Å². The molecule has 0 aliphatic heterocycles. The van der Waals surface area contributed by atoms with Crippen molar-refractivity contribution in [3.05, 3.63) is 79.6 Å². The molecule has 2 N–H and O–H groups in total. The zero-order valence-electron chi connectivity index (χ0n) is 18.3. The van der Waals surface area contributed by atoms with Gasteiger partial charge in [-0.15, -0.1) is 0 Å². The highest BCUT2D eigenvalue weighted by Crippen LogP contribution is 2.37. The smallest absolute Gasteiger partial charge is 0.353 e. The maximum atomic E-state index is 11.8. The molecule has 0 aliphatic rings. The number of nitriles is 1. The van der Waals surface area contributed by atoms with E-state index in [4.69, 9.17) is 23.2 Å². The van der Waals surface area contributed by atoms with Gasteiger partial charge in [0.05, 0.1) is 16.9 Å². The average Bonchev–Trinajstić information content (AvgIpc) is 2.78. The first-order valence-electron chi connectivity index (χ1n) is 10.2. The largest absolute Gasteiger partial charge is 0.362 e. The molecule has 0 amide bonds. The monoisotopic (exact) mass is 484 g/mol. The Morgan fingerprint density at radius 3 is 2.45 bits per heavy atom. The van der Waals surface area contributed by atoms with Crippen LogP contribution in [0.5, 0.6) is 0 Å². The minimum Gasteiger partial charge on any atom is -0.362 e. The van der Waals surface area contributed by atoms with Crippen LogP contribution >= 0.6 is 23.2 Å². The Morgan fingerprint density at radius 1 is 1.18 bits per heavy atom. The maximum absolute atomic E-state index is 11.8. The molecule has 0 saturated heterocycles. The number of hydrogen-bond donors (Lipinski definition) is 2. The van der Waals surface area contributed by atoms with Gasteiger partial charge in [-0.05, 0) is 55.2 Å². The van der Waals surface area contributed by atoms with E-state index >= 15 is 0 Å². The first-order chi connectivity index (χ1) is 15.7. The number of nitrogens with one attached hydrogen (secondary N) is 2. The van der Waals surface area contributed by atoms with Crippen molar-refractivity contribution in [3.8, 4) is 6.07 Å². The summed E-state index contributed by atoms with van der Waals surface area (Å²) in [6.45, 7) is 5.70. The van der Waals surface area contributed by atoms with Crippen molar-refractivity contribution in [2.75, 3.05) is 10.6 Å². The quantitative estimate of drug-likeness (QED) is 0.272. The normalized spacial score (nSPS) is 12.5. The molecular weight excluding hydrogens is 463 g/mol. The van der Waals surface area contributed by atoms with Crippen LogP contribution in [-0.2, 0) is 0 Å². The van der Waals surface area contributed by atoms with Gasteiger partial charge >= 0.3 is 5.69 Å². The number of aromatic nitrogens is 2. The van der Waals surface area contributed by atoms with Gasteiger partial charge in [0, 0.05) is 21.8 Å². The van der Waals surface area contributed by atoms with E-state index < -0.39 is 10.8 Å². The van der Waals surface area contributed by atoms with E-state index in [1.165, 1.54) is 6.33 Å². The van der Waals surface area contributed by atoms with Crippen LogP contribution in [0.1, 0.15) is 42.9 Å². The molecule has 0 bridgehead atoms. The van der Waals surface area contributed by atoms with Crippen LogP contribution in [0.3, 0.4) is 0 Å². The second-order valence-corrected chi connectivity index (χ2v) is 8.40. The molecule has 2 atom stereocenters. The summed E-state index contributed by atoms with van der Waals surface area (Å²) in [5, 5.41) is 28.6. The van der Waals surface area contributed by atoms with Crippen LogP contribution < -0.4 is 10.6 Å². The van der Waals surface area contributed by atoms with Crippen molar-refractivity contribution in [1.82, 2.24) is 9.97 Å². The Balaban J connectivity index is 1.99. The van der Waals surface area contributed by atoms with Crippen LogP contribution in [0.2, 0.25) is 10.0 Å². The molecule has 0 spiro atoms. The van der Waals surface area contributed by atoms with Gasteiger partial charge in [0.15, 0.2) is 0 Å². The van der Waals surface area contributed by atoms with E-state index in [-0.39, 0.29) is 23.4 Å². The van der Waals surface area contributed by atoms with E-state index in [9.17, 15) is 15.4 Å². The number of aryl methyl sites for hydroxylation is 1. The van der Waals surface area contributed by atoms with Crippen LogP contribution in [0, 0.1) is 28.4 Å². The van der Waals surface area contributed by atoms with Gasteiger partial charge in [0.1, 0.15) is 6.33 Å². The third-order valence-electron chi connectivity index (χ3n) is 5.24. The van der Waals surface area contributed by atoms with Crippen LogP contribution in [-0.4, -0.2) is 20.9 Å². The summed E-state index contributed by atoms with van der Waals surface area (Å²) in [5.74, 6) is -0.413. The van der Waals surface area contributed by atoms with Gasteiger partial charge in [-0.3, -0.25) is 10.1 Å². The Labute approximate surface area is 201 Å². The number of halogens is 2. The summed E-state index contributed by atoms with van der Waals surface area (Å²) in [6, 6.07) is 12.7. The lowest BCUT2D eigenvalue weighted by Crippen LogP contribution is -2.16. The number of anilines is 3. The molecule has 10 heteroatoms. The van der Waals surface area contributed by atoms with Gasteiger partial charge in [-0.25, -0.2) is 9.97 Å². The molecule has 2 aromatic carbocycles. The summed E-state index contributed by atoms with van der Waals surface area (Å²) >= 11 is 12.5. The molecular formula is C23H22Cl2N6O2. The molecule has 1 heterocycles. The lowest BCUT2D eigenvalue weighted by molar-refractivity contribution is -0.383. The average molecular weight is 485 g/mol. The first-order valence-corrected chi connectivity index (χ1v) is 11.0.